The predicted molar refractivity (Wildman–Crippen MR) is 119 cm³/mol. The largest absolute Gasteiger partial charge is 0.380 e. The van der Waals surface area contributed by atoms with E-state index in [1.54, 1.807) is 6.92 Å². The zero-order chi connectivity index (χ0) is 20.8. The van der Waals surface area contributed by atoms with Gasteiger partial charge in [0.15, 0.2) is 0 Å². The van der Waals surface area contributed by atoms with Crippen molar-refractivity contribution in [1.82, 2.24) is 14.7 Å². The molecule has 30 heavy (non-hydrogen) atoms. The van der Waals surface area contributed by atoms with Gasteiger partial charge in [-0.1, -0.05) is 30.3 Å². The van der Waals surface area contributed by atoms with Crippen LogP contribution in [0.15, 0.2) is 46.5 Å². The Balaban J connectivity index is 1.33. The maximum Gasteiger partial charge on any atom is 0.225 e. The van der Waals surface area contributed by atoms with Gasteiger partial charge in [-0.3, -0.25) is 9.69 Å². The first kappa shape index (κ1) is 20.8. The number of guanidine groups is 1. The predicted octanol–water partition coefficient (Wildman–Crippen LogP) is 2.11. The molecule has 0 aliphatic carbocycles. The topological polar surface area (TPSA) is 60.7 Å². The van der Waals surface area contributed by atoms with Gasteiger partial charge in [-0.2, -0.15) is 0 Å². The number of allylic oxidation sites excluding steroid dienone is 1. The molecule has 0 bridgehead atoms. The van der Waals surface area contributed by atoms with E-state index in [-0.39, 0.29) is 11.8 Å². The maximum absolute atomic E-state index is 11.5. The fourth-order valence-corrected chi connectivity index (χ4v) is 4.06. The Hall–Kier alpha value is -2.51. The minimum Gasteiger partial charge on any atom is -0.380 e. The van der Waals surface area contributed by atoms with Gasteiger partial charge in [0.05, 0.1) is 6.61 Å². The molecule has 7 nitrogen and oxygen atoms in total. The van der Waals surface area contributed by atoms with Crippen molar-refractivity contribution in [1.29, 1.82) is 0 Å². The van der Waals surface area contributed by atoms with Crippen molar-refractivity contribution in [2.45, 2.75) is 25.8 Å². The number of rotatable bonds is 3. The van der Waals surface area contributed by atoms with Gasteiger partial charge >= 0.3 is 0 Å². The first-order chi connectivity index (χ1) is 14.7. The Morgan fingerprint density at radius 2 is 1.87 bits per heavy atom. The highest BCUT2D eigenvalue weighted by molar-refractivity contribution is 5.91. The lowest BCUT2D eigenvalue weighted by atomic mass is 9.99. The SMILES string of the molecule is CC(=O)N1CCN(Cc2ccc(C3C=CN=C(N4CCCOCC4)N=C3)cc2)CC1. The van der Waals surface area contributed by atoms with Gasteiger partial charge in [-0.05, 0) is 17.5 Å². The Labute approximate surface area is 178 Å². The van der Waals surface area contributed by atoms with Crippen LogP contribution in [0.5, 0.6) is 0 Å². The van der Waals surface area contributed by atoms with E-state index < -0.39 is 0 Å². The zero-order valence-corrected chi connectivity index (χ0v) is 17.7. The van der Waals surface area contributed by atoms with Crippen molar-refractivity contribution in [3.05, 3.63) is 47.7 Å². The highest BCUT2D eigenvalue weighted by atomic mass is 16.5. The molecule has 1 aromatic rings. The van der Waals surface area contributed by atoms with Gasteiger partial charge in [-0.25, -0.2) is 9.98 Å². The molecule has 0 spiro atoms. The number of nitrogens with zero attached hydrogens (tertiary/aromatic N) is 5. The number of hydrogen-bond acceptors (Lipinski definition) is 6. The molecule has 4 rings (SSSR count). The summed E-state index contributed by atoms with van der Waals surface area (Å²) < 4.78 is 5.53. The van der Waals surface area contributed by atoms with Crippen LogP contribution in [0.2, 0.25) is 0 Å². The summed E-state index contributed by atoms with van der Waals surface area (Å²) in [5.41, 5.74) is 2.52. The van der Waals surface area contributed by atoms with Crippen molar-refractivity contribution >= 4 is 18.1 Å². The fourth-order valence-electron chi connectivity index (χ4n) is 4.06. The number of benzene rings is 1. The molecule has 1 amide bonds. The molecular weight excluding hydrogens is 378 g/mol. The lowest BCUT2D eigenvalue weighted by Gasteiger charge is -2.34. The van der Waals surface area contributed by atoms with E-state index in [4.69, 9.17) is 4.74 Å². The minimum atomic E-state index is 0.127. The summed E-state index contributed by atoms with van der Waals surface area (Å²) in [4.78, 5) is 27.2. The third-order valence-electron chi connectivity index (χ3n) is 5.93. The van der Waals surface area contributed by atoms with Crippen LogP contribution < -0.4 is 0 Å². The van der Waals surface area contributed by atoms with E-state index in [1.807, 2.05) is 17.3 Å². The molecule has 0 aromatic heterocycles. The van der Waals surface area contributed by atoms with Crippen LogP contribution in [0.4, 0.5) is 0 Å². The second-order valence-electron chi connectivity index (χ2n) is 8.05. The molecule has 3 heterocycles. The van der Waals surface area contributed by atoms with Crippen LogP contribution in [0.1, 0.15) is 30.4 Å². The van der Waals surface area contributed by atoms with E-state index >= 15 is 0 Å². The molecule has 1 unspecified atom stereocenters. The van der Waals surface area contributed by atoms with E-state index in [2.05, 4.69) is 50.1 Å². The maximum atomic E-state index is 11.5. The second kappa shape index (κ2) is 10.00. The number of carbonyl (C=O) groups excluding carboxylic acids is 1. The summed E-state index contributed by atoms with van der Waals surface area (Å²) in [6.07, 6.45) is 6.97. The Bertz CT molecular complexity index is 801. The average molecular weight is 410 g/mol. The van der Waals surface area contributed by atoms with E-state index in [1.165, 1.54) is 11.1 Å². The summed E-state index contributed by atoms with van der Waals surface area (Å²) in [7, 11) is 0. The molecule has 0 N–H and O–H groups in total. The number of amides is 1. The zero-order valence-electron chi connectivity index (χ0n) is 17.7. The average Bonchev–Trinajstić information content (AvgIpc) is 3.18. The Morgan fingerprint density at radius 1 is 1.07 bits per heavy atom. The van der Waals surface area contributed by atoms with Crippen LogP contribution in [-0.2, 0) is 16.1 Å². The number of piperazine rings is 1. The van der Waals surface area contributed by atoms with Gasteiger partial charge in [0, 0.05) is 77.7 Å². The molecule has 160 valence electrons. The second-order valence-corrected chi connectivity index (χ2v) is 8.05. The van der Waals surface area contributed by atoms with Crippen molar-refractivity contribution in [3.8, 4) is 0 Å². The van der Waals surface area contributed by atoms with Crippen molar-refractivity contribution < 1.29 is 9.53 Å². The van der Waals surface area contributed by atoms with E-state index in [9.17, 15) is 4.79 Å². The number of aliphatic imine (C=N–C) groups is 2. The molecular formula is C23H31N5O2. The first-order valence-electron chi connectivity index (χ1n) is 10.9. The number of hydrogen-bond donors (Lipinski definition) is 0. The lowest BCUT2D eigenvalue weighted by molar-refractivity contribution is -0.130. The van der Waals surface area contributed by atoms with Crippen molar-refractivity contribution in [2.75, 3.05) is 52.5 Å². The van der Waals surface area contributed by atoms with Gasteiger partial charge < -0.3 is 14.5 Å². The highest BCUT2D eigenvalue weighted by Crippen LogP contribution is 2.19. The molecule has 3 aliphatic heterocycles. The first-order valence-corrected chi connectivity index (χ1v) is 10.9. The molecule has 0 saturated carbocycles. The third kappa shape index (κ3) is 5.34. The summed E-state index contributed by atoms with van der Waals surface area (Å²) >= 11 is 0. The molecule has 7 heteroatoms. The van der Waals surface area contributed by atoms with Gasteiger partial charge in [0.1, 0.15) is 0 Å². The highest BCUT2D eigenvalue weighted by Gasteiger charge is 2.19. The summed E-state index contributed by atoms with van der Waals surface area (Å²) in [6.45, 7) is 9.39. The normalized spacial score (nSPS) is 23.1. The Morgan fingerprint density at radius 3 is 2.63 bits per heavy atom. The number of carbonyl (C=O) groups is 1. The van der Waals surface area contributed by atoms with Gasteiger partial charge in [0.25, 0.3) is 0 Å². The van der Waals surface area contributed by atoms with Crippen LogP contribution in [0.25, 0.3) is 0 Å². The molecule has 2 fully saturated rings. The monoisotopic (exact) mass is 409 g/mol. The summed E-state index contributed by atoms with van der Waals surface area (Å²) in [5.74, 6) is 1.08. The molecule has 0 radical (unpaired) electrons. The Kier molecular flexibility index (Phi) is 6.92. The van der Waals surface area contributed by atoms with E-state index in [0.717, 1.165) is 71.4 Å². The summed E-state index contributed by atoms with van der Waals surface area (Å²) in [6, 6.07) is 8.78. The lowest BCUT2D eigenvalue weighted by Crippen LogP contribution is -2.47. The van der Waals surface area contributed by atoms with Crippen LogP contribution in [0, 0.1) is 0 Å². The molecule has 1 atom stereocenters. The molecule has 1 aromatic carbocycles. The van der Waals surface area contributed by atoms with E-state index in [0.29, 0.717) is 0 Å². The van der Waals surface area contributed by atoms with Crippen LogP contribution in [-0.4, -0.2) is 85.3 Å². The smallest absolute Gasteiger partial charge is 0.225 e. The van der Waals surface area contributed by atoms with Crippen LogP contribution in [0.3, 0.4) is 0 Å². The number of ether oxygens (including phenoxy) is 1. The van der Waals surface area contributed by atoms with Crippen molar-refractivity contribution in [2.24, 2.45) is 9.98 Å². The van der Waals surface area contributed by atoms with Gasteiger partial charge in [-0.15, -0.1) is 0 Å². The van der Waals surface area contributed by atoms with Crippen LogP contribution >= 0.6 is 0 Å². The molecule has 3 aliphatic rings. The summed E-state index contributed by atoms with van der Waals surface area (Å²) in [5, 5.41) is 0. The quantitative estimate of drug-likeness (QED) is 0.767. The van der Waals surface area contributed by atoms with Crippen molar-refractivity contribution in [3.63, 3.8) is 0 Å². The minimum absolute atomic E-state index is 0.127. The standard InChI is InChI=1S/C23H31N5O2/c1-19(29)27-12-10-26(11-13-27)18-20-3-5-21(6-4-20)22-7-8-24-23(25-17-22)28-9-2-15-30-16-14-28/h3-8,17,22H,2,9-16,18H2,1H3. The van der Waals surface area contributed by atoms with Gasteiger partial charge in [0.2, 0.25) is 11.9 Å². The molecule has 2 saturated heterocycles. The fraction of sp³-hybridized carbons (Fsp3) is 0.522. The third-order valence-corrected chi connectivity index (χ3v) is 5.93.